The fourth-order valence-electron chi connectivity index (χ4n) is 2.30. The summed E-state index contributed by atoms with van der Waals surface area (Å²) >= 11 is 0. The third kappa shape index (κ3) is 2.25. The second-order valence-corrected chi connectivity index (χ2v) is 4.79. The first kappa shape index (κ1) is 12.7. The van der Waals surface area contributed by atoms with Crippen LogP contribution in [0.4, 0.5) is 0 Å². The summed E-state index contributed by atoms with van der Waals surface area (Å²) < 4.78 is 7.47. The molecule has 2 aromatic heterocycles. The molecule has 0 aliphatic heterocycles. The van der Waals surface area contributed by atoms with Crippen LogP contribution in [-0.4, -0.2) is 21.0 Å². The highest BCUT2D eigenvalue weighted by molar-refractivity contribution is 5.62. The van der Waals surface area contributed by atoms with Crippen LogP contribution in [0.5, 0.6) is 5.75 Å². The number of ether oxygens (including phenoxy) is 1. The van der Waals surface area contributed by atoms with Crippen LogP contribution in [0, 0.1) is 13.8 Å². The molecule has 102 valence electrons. The molecule has 0 radical (unpaired) electrons. The van der Waals surface area contributed by atoms with Crippen LogP contribution in [0.1, 0.15) is 18.3 Å². The molecule has 2 heterocycles. The normalized spacial score (nSPS) is 10.9. The molecule has 0 bridgehead atoms. The molecule has 20 heavy (non-hydrogen) atoms. The number of rotatable bonds is 3. The Balaban J connectivity index is 2.03. The number of nitrogens with zero attached hydrogens (tertiary/aromatic N) is 3. The highest BCUT2D eigenvalue weighted by atomic mass is 16.5. The van der Waals surface area contributed by atoms with Gasteiger partial charge in [0.05, 0.1) is 12.3 Å². The maximum Gasteiger partial charge on any atom is 0.234 e. The SMILES string of the molecule is CCOc1ccc(-c2cn3c(C)cc(C)nc3n2)cc1. The molecule has 0 spiro atoms. The minimum absolute atomic E-state index is 0.677. The van der Waals surface area contributed by atoms with Gasteiger partial charge >= 0.3 is 0 Å². The molecule has 0 saturated heterocycles. The zero-order valence-corrected chi connectivity index (χ0v) is 11.9. The van der Waals surface area contributed by atoms with Crippen molar-refractivity contribution in [3.63, 3.8) is 0 Å². The molecule has 3 aromatic rings. The van der Waals surface area contributed by atoms with E-state index in [0.29, 0.717) is 6.61 Å². The number of benzene rings is 1. The second kappa shape index (κ2) is 4.96. The lowest BCUT2D eigenvalue weighted by molar-refractivity contribution is 0.340. The molecule has 0 fully saturated rings. The van der Waals surface area contributed by atoms with E-state index in [9.17, 15) is 0 Å². The van der Waals surface area contributed by atoms with Crippen LogP contribution in [-0.2, 0) is 0 Å². The van der Waals surface area contributed by atoms with Crippen LogP contribution >= 0.6 is 0 Å². The van der Waals surface area contributed by atoms with Crippen LogP contribution in [0.3, 0.4) is 0 Å². The van der Waals surface area contributed by atoms with Crippen molar-refractivity contribution in [2.24, 2.45) is 0 Å². The molecule has 0 unspecified atom stereocenters. The monoisotopic (exact) mass is 267 g/mol. The first-order valence-corrected chi connectivity index (χ1v) is 6.74. The van der Waals surface area contributed by atoms with Gasteiger partial charge in [0.15, 0.2) is 0 Å². The highest BCUT2D eigenvalue weighted by Crippen LogP contribution is 2.22. The van der Waals surface area contributed by atoms with E-state index in [2.05, 4.69) is 23.0 Å². The van der Waals surface area contributed by atoms with E-state index >= 15 is 0 Å². The van der Waals surface area contributed by atoms with Crippen LogP contribution < -0.4 is 4.74 Å². The topological polar surface area (TPSA) is 39.4 Å². The lowest BCUT2D eigenvalue weighted by Gasteiger charge is -2.02. The lowest BCUT2D eigenvalue weighted by atomic mass is 10.2. The maximum absolute atomic E-state index is 5.45. The summed E-state index contributed by atoms with van der Waals surface area (Å²) in [5.41, 5.74) is 4.11. The van der Waals surface area contributed by atoms with Gasteiger partial charge in [-0.3, -0.25) is 4.40 Å². The molecule has 0 N–H and O–H groups in total. The van der Waals surface area contributed by atoms with Crippen LogP contribution in [0.2, 0.25) is 0 Å². The summed E-state index contributed by atoms with van der Waals surface area (Å²) in [6.07, 6.45) is 2.02. The van der Waals surface area contributed by atoms with E-state index in [1.165, 1.54) is 0 Å². The third-order valence-electron chi connectivity index (χ3n) is 3.22. The van der Waals surface area contributed by atoms with Crippen molar-refractivity contribution in [3.05, 3.63) is 47.9 Å². The molecule has 0 aliphatic rings. The standard InChI is InChI=1S/C16H17N3O/c1-4-20-14-7-5-13(6-8-14)15-10-19-12(3)9-11(2)17-16(19)18-15/h5-10H,4H2,1-3H3. The highest BCUT2D eigenvalue weighted by Gasteiger charge is 2.07. The number of hydrogen-bond donors (Lipinski definition) is 0. The fourth-order valence-corrected chi connectivity index (χ4v) is 2.30. The van der Waals surface area contributed by atoms with E-state index in [1.54, 1.807) is 0 Å². The minimum atomic E-state index is 0.677. The summed E-state index contributed by atoms with van der Waals surface area (Å²) in [7, 11) is 0. The van der Waals surface area contributed by atoms with Gasteiger partial charge in [-0.15, -0.1) is 0 Å². The number of aromatic nitrogens is 3. The molecule has 0 aliphatic carbocycles. The van der Waals surface area contributed by atoms with E-state index < -0.39 is 0 Å². The molecular formula is C16H17N3O. The van der Waals surface area contributed by atoms with Crippen molar-refractivity contribution in [2.75, 3.05) is 6.61 Å². The Morgan fingerprint density at radius 2 is 1.85 bits per heavy atom. The van der Waals surface area contributed by atoms with Crippen molar-refractivity contribution in [2.45, 2.75) is 20.8 Å². The van der Waals surface area contributed by atoms with Gasteiger partial charge in [-0.2, -0.15) is 0 Å². The largest absolute Gasteiger partial charge is 0.494 e. The van der Waals surface area contributed by atoms with Crippen molar-refractivity contribution < 1.29 is 4.74 Å². The Kier molecular flexibility index (Phi) is 3.14. The molecule has 4 heteroatoms. The number of hydrogen-bond acceptors (Lipinski definition) is 3. The van der Waals surface area contributed by atoms with Crippen molar-refractivity contribution in [1.29, 1.82) is 0 Å². The number of imidazole rings is 1. The summed E-state index contributed by atoms with van der Waals surface area (Å²) in [6, 6.07) is 10.0. The summed E-state index contributed by atoms with van der Waals surface area (Å²) in [6.45, 7) is 6.70. The Labute approximate surface area is 118 Å². The smallest absolute Gasteiger partial charge is 0.234 e. The van der Waals surface area contributed by atoms with Gasteiger partial charge in [0.25, 0.3) is 0 Å². The van der Waals surface area contributed by atoms with E-state index in [-0.39, 0.29) is 0 Å². The van der Waals surface area contributed by atoms with Crippen LogP contribution in [0.15, 0.2) is 36.5 Å². The van der Waals surface area contributed by atoms with E-state index in [0.717, 1.165) is 34.2 Å². The van der Waals surface area contributed by atoms with E-state index in [4.69, 9.17) is 4.74 Å². The Morgan fingerprint density at radius 1 is 1.10 bits per heavy atom. The van der Waals surface area contributed by atoms with Gasteiger partial charge in [-0.1, -0.05) is 0 Å². The summed E-state index contributed by atoms with van der Waals surface area (Å²) in [5.74, 6) is 1.62. The molecule has 0 saturated carbocycles. The van der Waals surface area contributed by atoms with Crippen LogP contribution in [0.25, 0.3) is 17.0 Å². The lowest BCUT2D eigenvalue weighted by Crippen LogP contribution is -1.94. The molecule has 4 nitrogen and oxygen atoms in total. The molecule has 0 atom stereocenters. The summed E-state index contributed by atoms with van der Waals surface area (Å²) in [5, 5.41) is 0. The quantitative estimate of drug-likeness (QED) is 0.730. The molecule has 0 amide bonds. The van der Waals surface area contributed by atoms with Gasteiger partial charge in [0.2, 0.25) is 5.78 Å². The average molecular weight is 267 g/mol. The van der Waals surface area contributed by atoms with Crippen molar-refractivity contribution in [1.82, 2.24) is 14.4 Å². The minimum Gasteiger partial charge on any atom is -0.494 e. The molecule has 3 rings (SSSR count). The fraction of sp³-hybridized carbons (Fsp3) is 0.250. The number of aryl methyl sites for hydroxylation is 2. The Morgan fingerprint density at radius 3 is 2.55 bits per heavy atom. The molecule has 1 aromatic carbocycles. The Hall–Kier alpha value is -2.36. The first-order chi connectivity index (χ1) is 9.67. The van der Waals surface area contributed by atoms with Gasteiger partial charge < -0.3 is 4.74 Å². The third-order valence-corrected chi connectivity index (χ3v) is 3.22. The average Bonchev–Trinajstić information content (AvgIpc) is 2.84. The predicted molar refractivity (Wildman–Crippen MR) is 79.1 cm³/mol. The second-order valence-electron chi connectivity index (χ2n) is 4.79. The first-order valence-electron chi connectivity index (χ1n) is 6.74. The zero-order valence-electron chi connectivity index (χ0n) is 11.9. The van der Waals surface area contributed by atoms with Crippen molar-refractivity contribution in [3.8, 4) is 17.0 Å². The van der Waals surface area contributed by atoms with Gasteiger partial charge in [-0.05, 0) is 51.1 Å². The number of fused-ring (bicyclic) bond motifs is 1. The molecular weight excluding hydrogens is 250 g/mol. The van der Waals surface area contributed by atoms with Gasteiger partial charge in [0, 0.05) is 23.1 Å². The van der Waals surface area contributed by atoms with E-state index in [1.807, 2.05) is 48.7 Å². The van der Waals surface area contributed by atoms with Crippen molar-refractivity contribution >= 4 is 5.78 Å². The van der Waals surface area contributed by atoms with Gasteiger partial charge in [-0.25, -0.2) is 9.97 Å². The predicted octanol–water partition coefficient (Wildman–Crippen LogP) is 3.41. The maximum atomic E-state index is 5.45. The Bertz CT molecular complexity index is 744. The van der Waals surface area contributed by atoms with Gasteiger partial charge in [0.1, 0.15) is 5.75 Å². The zero-order chi connectivity index (χ0) is 14.1. The summed E-state index contributed by atoms with van der Waals surface area (Å²) in [4.78, 5) is 9.05.